The normalized spacial score (nSPS) is 26.0. The third kappa shape index (κ3) is 2.15. The zero-order valence-electron chi connectivity index (χ0n) is 8.59. The Kier molecular flexibility index (Phi) is 2.62. The van der Waals surface area contributed by atoms with Crippen molar-refractivity contribution in [3.8, 4) is 0 Å². The van der Waals surface area contributed by atoms with E-state index in [-0.39, 0.29) is 0 Å². The highest BCUT2D eigenvalue weighted by atomic mass is 32.2. The summed E-state index contributed by atoms with van der Waals surface area (Å²) in [5.41, 5.74) is 0. The number of thioether (sulfide) groups is 1. The lowest BCUT2D eigenvalue weighted by atomic mass is 10.2. The molecule has 1 unspecified atom stereocenters. The van der Waals surface area contributed by atoms with Crippen LogP contribution in [0.15, 0.2) is 0 Å². The number of nitrogens with one attached hydrogen (secondary N) is 1. The van der Waals surface area contributed by atoms with Gasteiger partial charge in [-0.1, -0.05) is 0 Å². The van der Waals surface area contributed by atoms with Gasteiger partial charge < -0.3 is 5.32 Å². The zero-order chi connectivity index (χ0) is 10.1. The van der Waals surface area contributed by atoms with Crippen molar-refractivity contribution in [1.29, 1.82) is 0 Å². The number of rotatable bonds is 4. The Morgan fingerprint density at radius 1 is 1.40 bits per heavy atom. The van der Waals surface area contributed by atoms with Gasteiger partial charge in [0, 0.05) is 11.8 Å². The van der Waals surface area contributed by atoms with Gasteiger partial charge >= 0.3 is 0 Å². The minimum Gasteiger partial charge on any atom is -0.306 e. The van der Waals surface area contributed by atoms with E-state index in [9.17, 15) is 0 Å². The first-order valence-corrected chi connectivity index (χ1v) is 6.67. The highest BCUT2D eigenvalue weighted by Crippen LogP contribution is 2.34. The van der Waals surface area contributed by atoms with E-state index in [0.29, 0.717) is 12.1 Å². The first-order valence-electron chi connectivity index (χ1n) is 5.51. The fraction of sp³-hybridized carbons (Fsp3) is 0.889. The molecule has 1 N–H and O–H groups in total. The van der Waals surface area contributed by atoms with Crippen LogP contribution >= 0.6 is 11.8 Å². The van der Waals surface area contributed by atoms with Gasteiger partial charge in [-0.05, 0) is 35.4 Å². The van der Waals surface area contributed by atoms with Crippen LogP contribution in [-0.4, -0.2) is 37.8 Å². The van der Waals surface area contributed by atoms with Gasteiger partial charge in [0.2, 0.25) is 0 Å². The Morgan fingerprint density at radius 2 is 2.33 bits per heavy atom. The smallest absolute Gasteiger partial charge is 0.165 e. The van der Waals surface area contributed by atoms with Crippen molar-refractivity contribution in [2.75, 3.05) is 11.5 Å². The largest absolute Gasteiger partial charge is 0.306 e. The second-order valence-corrected chi connectivity index (χ2v) is 5.36. The Morgan fingerprint density at radius 3 is 3.07 bits per heavy atom. The van der Waals surface area contributed by atoms with E-state index in [1.807, 2.05) is 16.4 Å². The van der Waals surface area contributed by atoms with Crippen LogP contribution in [0.5, 0.6) is 0 Å². The van der Waals surface area contributed by atoms with E-state index in [1.54, 1.807) is 0 Å². The summed E-state index contributed by atoms with van der Waals surface area (Å²) in [5, 5.41) is 15.4. The molecule has 1 saturated carbocycles. The summed E-state index contributed by atoms with van der Waals surface area (Å²) in [6.07, 6.45) is 3.74. The quantitative estimate of drug-likeness (QED) is 0.813. The summed E-state index contributed by atoms with van der Waals surface area (Å²) in [5.74, 6) is 3.50. The van der Waals surface area contributed by atoms with Crippen molar-refractivity contribution >= 4 is 11.8 Å². The fourth-order valence-corrected chi connectivity index (χ4v) is 3.05. The molecule has 0 amide bonds. The minimum absolute atomic E-state index is 0.578. The summed E-state index contributed by atoms with van der Waals surface area (Å²) >= 11 is 2.02. The summed E-state index contributed by atoms with van der Waals surface area (Å²) in [4.78, 5) is 0. The fourth-order valence-electron chi connectivity index (χ4n) is 1.86. The molecule has 2 aliphatic rings. The van der Waals surface area contributed by atoms with E-state index in [4.69, 9.17) is 0 Å². The average molecular weight is 225 g/mol. The molecule has 1 aromatic rings. The van der Waals surface area contributed by atoms with Crippen molar-refractivity contribution in [3.05, 3.63) is 5.82 Å². The number of tetrazole rings is 1. The van der Waals surface area contributed by atoms with Crippen LogP contribution in [0, 0.1) is 0 Å². The van der Waals surface area contributed by atoms with E-state index in [1.165, 1.54) is 30.8 Å². The molecule has 0 aromatic carbocycles. The molecule has 3 rings (SSSR count). The lowest BCUT2D eigenvalue weighted by Crippen LogP contribution is -2.29. The number of hydrogen-bond acceptors (Lipinski definition) is 5. The molecule has 0 radical (unpaired) electrons. The molecule has 6 heteroatoms. The van der Waals surface area contributed by atoms with Crippen LogP contribution in [0.4, 0.5) is 0 Å². The SMILES string of the molecule is C1CC(NCc2nnnn2C2CC2)CS1. The van der Waals surface area contributed by atoms with Gasteiger partial charge in [-0.3, -0.25) is 0 Å². The predicted molar refractivity (Wildman–Crippen MR) is 58.7 cm³/mol. The maximum atomic E-state index is 4.07. The molecular weight excluding hydrogens is 210 g/mol. The van der Waals surface area contributed by atoms with E-state index in [0.717, 1.165) is 12.4 Å². The lowest BCUT2D eigenvalue weighted by Gasteiger charge is -2.10. The molecule has 2 fully saturated rings. The van der Waals surface area contributed by atoms with Gasteiger partial charge in [0.25, 0.3) is 0 Å². The number of hydrogen-bond donors (Lipinski definition) is 1. The van der Waals surface area contributed by atoms with Crippen LogP contribution in [-0.2, 0) is 6.54 Å². The molecule has 2 heterocycles. The molecule has 15 heavy (non-hydrogen) atoms. The topological polar surface area (TPSA) is 55.6 Å². The van der Waals surface area contributed by atoms with Crippen molar-refractivity contribution in [1.82, 2.24) is 25.5 Å². The molecule has 1 aliphatic carbocycles. The van der Waals surface area contributed by atoms with Crippen molar-refractivity contribution in [2.45, 2.75) is 37.9 Å². The Hall–Kier alpha value is -0.620. The van der Waals surface area contributed by atoms with Crippen LogP contribution < -0.4 is 5.32 Å². The molecular formula is C9H15N5S. The van der Waals surface area contributed by atoms with E-state index < -0.39 is 0 Å². The Bertz CT molecular complexity index is 329. The second-order valence-electron chi connectivity index (χ2n) is 4.21. The van der Waals surface area contributed by atoms with Crippen molar-refractivity contribution in [3.63, 3.8) is 0 Å². The Labute approximate surface area is 93.0 Å². The molecule has 1 atom stereocenters. The van der Waals surface area contributed by atoms with Gasteiger partial charge in [0.05, 0.1) is 12.6 Å². The standard InChI is InChI=1S/C9H15N5S/c1-2-8(1)14-9(11-12-13-14)5-10-7-3-4-15-6-7/h7-8,10H,1-6H2. The Balaban J connectivity index is 1.58. The van der Waals surface area contributed by atoms with Crippen LogP contribution in [0.3, 0.4) is 0 Å². The first-order chi connectivity index (χ1) is 7.43. The highest BCUT2D eigenvalue weighted by molar-refractivity contribution is 7.99. The predicted octanol–water partition coefficient (Wildman–Crippen LogP) is 0.603. The summed E-state index contributed by atoms with van der Waals surface area (Å²) in [7, 11) is 0. The number of nitrogens with zero attached hydrogens (tertiary/aromatic N) is 4. The van der Waals surface area contributed by atoms with Crippen LogP contribution in [0.1, 0.15) is 31.1 Å². The minimum atomic E-state index is 0.578. The van der Waals surface area contributed by atoms with Gasteiger partial charge in [0.15, 0.2) is 5.82 Å². The molecule has 1 aliphatic heterocycles. The van der Waals surface area contributed by atoms with Gasteiger partial charge in [-0.15, -0.1) is 5.10 Å². The van der Waals surface area contributed by atoms with Crippen molar-refractivity contribution < 1.29 is 0 Å². The molecule has 1 saturated heterocycles. The van der Waals surface area contributed by atoms with E-state index in [2.05, 4.69) is 20.8 Å². The van der Waals surface area contributed by atoms with Crippen LogP contribution in [0.25, 0.3) is 0 Å². The summed E-state index contributed by atoms with van der Waals surface area (Å²) < 4.78 is 1.98. The monoisotopic (exact) mass is 225 g/mol. The first kappa shape index (κ1) is 9.59. The molecule has 82 valence electrons. The van der Waals surface area contributed by atoms with Gasteiger partial charge in [-0.2, -0.15) is 11.8 Å². The third-order valence-electron chi connectivity index (χ3n) is 2.93. The van der Waals surface area contributed by atoms with Gasteiger partial charge in [0.1, 0.15) is 0 Å². The van der Waals surface area contributed by atoms with Gasteiger partial charge in [-0.25, -0.2) is 4.68 Å². The molecule has 5 nitrogen and oxygen atoms in total. The molecule has 0 bridgehead atoms. The molecule has 1 aromatic heterocycles. The maximum absolute atomic E-state index is 4.07. The number of aromatic nitrogens is 4. The zero-order valence-corrected chi connectivity index (χ0v) is 9.41. The summed E-state index contributed by atoms with van der Waals surface area (Å²) in [6.45, 7) is 0.814. The molecule has 0 spiro atoms. The highest BCUT2D eigenvalue weighted by Gasteiger charge is 2.27. The van der Waals surface area contributed by atoms with E-state index >= 15 is 0 Å². The second kappa shape index (κ2) is 4.09. The summed E-state index contributed by atoms with van der Waals surface area (Å²) in [6, 6.07) is 1.23. The average Bonchev–Trinajstić information content (AvgIpc) is 2.81. The van der Waals surface area contributed by atoms with Crippen LogP contribution in [0.2, 0.25) is 0 Å². The maximum Gasteiger partial charge on any atom is 0.165 e. The lowest BCUT2D eigenvalue weighted by molar-refractivity contribution is 0.509. The third-order valence-corrected chi connectivity index (χ3v) is 4.09. The van der Waals surface area contributed by atoms with Crippen molar-refractivity contribution in [2.24, 2.45) is 0 Å².